The van der Waals surface area contributed by atoms with Crippen LogP contribution in [0.2, 0.25) is 10.0 Å². The molecule has 36 heavy (non-hydrogen) atoms. The Bertz CT molecular complexity index is 1030. The molecule has 2 aliphatic heterocycles. The molecule has 0 atom stereocenters. The first kappa shape index (κ1) is 27.9. The maximum absolute atomic E-state index is 13.0. The molecule has 2 aromatic rings. The molecular formula is C26H31Cl2N3O5. The topological polar surface area (TPSA) is 101 Å². The number of amides is 1. The average Bonchev–Trinajstić information content (AvgIpc) is 2.88. The second kappa shape index (κ2) is 13.6. The lowest BCUT2D eigenvalue weighted by molar-refractivity contribution is -0.159. The summed E-state index contributed by atoms with van der Waals surface area (Å²) in [5.74, 6) is -3.13. The quantitative estimate of drug-likeness (QED) is 0.562. The molecule has 1 amide bonds. The van der Waals surface area contributed by atoms with Gasteiger partial charge in [-0.3, -0.25) is 14.6 Å². The lowest BCUT2D eigenvalue weighted by Gasteiger charge is -2.38. The molecule has 2 aromatic carbocycles. The monoisotopic (exact) mass is 535 g/mol. The number of hydrogen-bond donors (Lipinski definition) is 2. The van der Waals surface area contributed by atoms with Crippen molar-refractivity contribution < 1.29 is 24.6 Å². The molecule has 4 rings (SSSR count). The molecule has 2 fully saturated rings. The summed E-state index contributed by atoms with van der Waals surface area (Å²) in [5, 5.41) is 16.0. The summed E-state index contributed by atoms with van der Waals surface area (Å²) in [7, 11) is 0. The van der Waals surface area contributed by atoms with E-state index in [2.05, 4.69) is 45.0 Å². The van der Waals surface area contributed by atoms with Crippen LogP contribution in [0.1, 0.15) is 24.0 Å². The second-order valence-electron chi connectivity index (χ2n) is 9.00. The van der Waals surface area contributed by atoms with E-state index in [-0.39, 0.29) is 5.92 Å². The number of carbonyl (C=O) groups is 3. The van der Waals surface area contributed by atoms with Gasteiger partial charge in [-0.2, -0.15) is 0 Å². The van der Waals surface area contributed by atoms with Crippen molar-refractivity contribution >= 4 is 41.0 Å². The first-order valence-corrected chi connectivity index (χ1v) is 12.7. The van der Waals surface area contributed by atoms with Crippen LogP contribution in [0.3, 0.4) is 0 Å². The van der Waals surface area contributed by atoms with Gasteiger partial charge in [-0.15, -0.1) is 0 Å². The highest BCUT2D eigenvalue weighted by molar-refractivity contribution is 6.42. The minimum absolute atomic E-state index is 0.163. The molecule has 0 radical (unpaired) electrons. The van der Waals surface area contributed by atoms with Crippen molar-refractivity contribution in [3.8, 4) is 0 Å². The Balaban J connectivity index is 0.000000538. The van der Waals surface area contributed by atoms with Crippen LogP contribution in [0.15, 0.2) is 48.5 Å². The lowest BCUT2D eigenvalue weighted by atomic mass is 9.94. The van der Waals surface area contributed by atoms with E-state index < -0.39 is 11.9 Å². The molecule has 0 aliphatic carbocycles. The van der Waals surface area contributed by atoms with E-state index in [1.54, 1.807) is 0 Å². The van der Waals surface area contributed by atoms with Crippen molar-refractivity contribution in [3.63, 3.8) is 0 Å². The lowest BCUT2D eigenvalue weighted by Crippen LogP contribution is -2.51. The van der Waals surface area contributed by atoms with Crippen molar-refractivity contribution in [2.45, 2.75) is 25.9 Å². The summed E-state index contributed by atoms with van der Waals surface area (Å²) in [6.07, 6.45) is 1.87. The van der Waals surface area contributed by atoms with Crippen molar-refractivity contribution in [3.05, 3.63) is 69.7 Å². The highest BCUT2D eigenvalue weighted by atomic mass is 35.5. The predicted octanol–water partition coefficient (Wildman–Crippen LogP) is 3.71. The number of piperazine rings is 1. The summed E-state index contributed by atoms with van der Waals surface area (Å²) in [5.41, 5.74) is 2.51. The van der Waals surface area contributed by atoms with Gasteiger partial charge in [-0.25, -0.2) is 9.59 Å². The Morgan fingerprint density at radius 1 is 0.722 bits per heavy atom. The van der Waals surface area contributed by atoms with Crippen LogP contribution in [0, 0.1) is 5.92 Å². The summed E-state index contributed by atoms with van der Waals surface area (Å²) < 4.78 is 0. The molecule has 2 N–H and O–H groups in total. The van der Waals surface area contributed by atoms with Gasteiger partial charge in [0, 0.05) is 45.2 Å². The van der Waals surface area contributed by atoms with Crippen LogP contribution in [0.4, 0.5) is 0 Å². The van der Waals surface area contributed by atoms with Gasteiger partial charge < -0.3 is 15.1 Å². The van der Waals surface area contributed by atoms with E-state index in [1.807, 2.05) is 18.2 Å². The van der Waals surface area contributed by atoms with E-state index in [9.17, 15) is 4.79 Å². The largest absolute Gasteiger partial charge is 0.473 e. The number of carboxylic acids is 2. The number of nitrogens with zero attached hydrogens (tertiary/aromatic N) is 3. The number of benzene rings is 2. The third-order valence-corrected chi connectivity index (χ3v) is 7.18. The van der Waals surface area contributed by atoms with Crippen molar-refractivity contribution in [2.75, 3.05) is 39.3 Å². The molecular weight excluding hydrogens is 505 g/mol. The minimum Gasteiger partial charge on any atom is -0.473 e. The fourth-order valence-electron chi connectivity index (χ4n) is 4.46. The highest BCUT2D eigenvalue weighted by Gasteiger charge is 2.30. The van der Waals surface area contributed by atoms with Crippen LogP contribution < -0.4 is 0 Å². The smallest absolute Gasteiger partial charge is 0.414 e. The fraction of sp³-hybridized carbons (Fsp3) is 0.423. The normalized spacial score (nSPS) is 17.2. The molecule has 8 nitrogen and oxygen atoms in total. The number of halogens is 2. The van der Waals surface area contributed by atoms with Crippen molar-refractivity contribution in [2.24, 2.45) is 5.92 Å². The van der Waals surface area contributed by atoms with Gasteiger partial charge in [0.05, 0.1) is 10.0 Å². The summed E-state index contributed by atoms with van der Waals surface area (Å²) in [6.45, 7) is 7.32. The van der Waals surface area contributed by atoms with Gasteiger partial charge >= 0.3 is 11.9 Å². The minimum atomic E-state index is -1.82. The Kier molecular flexibility index (Phi) is 10.6. The van der Waals surface area contributed by atoms with Crippen LogP contribution in [0.25, 0.3) is 0 Å². The summed E-state index contributed by atoms with van der Waals surface area (Å²) in [6, 6.07) is 16.4. The van der Waals surface area contributed by atoms with E-state index in [4.69, 9.17) is 43.0 Å². The molecule has 194 valence electrons. The summed E-state index contributed by atoms with van der Waals surface area (Å²) >= 11 is 12.1. The average molecular weight is 536 g/mol. The first-order chi connectivity index (χ1) is 17.2. The number of carboxylic acid groups (broad SMARTS) is 2. The zero-order valence-electron chi connectivity index (χ0n) is 20.0. The molecule has 0 unspecified atom stereocenters. The number of piperidine rings is 1. The van der Waals surface area contributed by atoms with Gasteiger partial charge in [-0.05, 0) is 49.2 Å². The van der Waals surface area contributed by atoms with Crippen LogP contribution in [-0.4, -0.2) is 82.0 Å². The number of hydrogen-bond acceptors (Lipinski definition) is 5. The molecule has 0 aromatic heterocycles. The van der Waals surface area contributed by atoms with E-state index in [0.717, 1.165) is 65.2 Å². The third-order valence-electron chi connectivity index (χ3n) is 6.44. The fourth-order valence-corrected chi connectivity index (χ4v) is 4.78. The van der Waals surface area contributed by atoms with Gasteiger partial charge in [0.25, 0.3) is 0 Å². The molecule has 2 saturated heterocycles. The molecule has 2 heterocycles. The third kappa shape index (κ3) is 8.48. The van der Waals surface area contributed by atoms with Crippen LogP contribution >= 0.6 is 23.2 Å². The molecule has 0 spiro atoms. The Labute approximate surface area is 221 Å². The van der Waals surface area contributed by atoms with Crippen LogP contribution in [0.5, 0.6) is 0 Å². The maximum atomic E-state index is 13.0. The molecule has 2 aliphatic rings. The van der Waals surface area contributed by atoms with Crippen molar-refractivity contribution in [1.82, 2.24) is 14.7 Å². The maximum Gasteiger partial charge on any atom is 0.414 e. The van der Waals surface area contributed by atoms with Gasteiger partial charge in [0.1, 0.15) is 0 Å². The highest BCUT2D eigenvalue weighted by Crippen LogP contribution is 2.26. The van der Waals surface area contributed by atoms with Gasteiger partial charge in [0.15, 0.2) is 0 Å². The van der Waals surface area contributed by atoms with E-state index in [1.165, 1.54) is 11.1 Å². The number of carbonyl (C=O) groups excluding carboxylic acids is 1. The van der Waals surface area contributed by atoms with Crippen LogP contribution in [-0.2, 0) is 27.5 Å². The molecule has 0 bridgehead atoms. The Morgan fingerprint density at radius 2 is 1.28 bits per heavy atom. The Morgan fingerprint density at radius 3 is 1.83 bits per heavy atom. The first-order valence-electron chi connectivity index (χ1n) is 11.9. The Hall–Kier alpha value is -2.65. The molecule has 0 saturated carbocycles. The van der Waals surface area contributed by atoms with Gasteiger partial charge in [0.2, 0.25) is 5.91 Å². The van der Waals surface area contributed by atoms with Crippen molar-refractivity contribution in [1.29, 1.82) is 0 Å². The standard InChI is InChI=1S/C24H29Cl2N3O.C2H2O4/c25-22-7-6-20(16-23(22)26)18-27-10-8-21(9-11-27)24(30)29-14-12-28(13-15-29)17-19-4-2-1-3-5-19;3-1(4)2(5)6/h1-7,16,21H,8-15,17-18H2;(H,3,4)(H,5,6). The summed E-state index contributed by atoms with van der Waals surface area (Å²) in [4.78, 5) is 38.2. The zero-order chi connectivity index (χ0) is 26.1. The van der Waals surface area contributed by atoms with E-state index >= 15 is 0 Å². The van der Waals surface area contributed by atoms with Gasteiger partial charge in [-0.1, -0.05) is 59.6 Å². The predicted molar refractivity (Wildman–Crippen MR) is 138 cm³/mol. The molecule has 10 heteroatoms. The second-order valence-corrected chi connectivity index (χ2v) is 9.81. The number of likely N-dealkylation sites (tertiary alicyclic amines) is 1. The SMILES string of the molecule is O=C(C1CCN(Cc2ccc(Cl)c(Cl)c2)CC1)N1CCN(Cc2ccccc2)CC1.O=C(O)C(=O)O. The number of rotatable bonds is 5. The van der Waals surface area contributed by atoms with E-state index in [0.29, 0.717) is 16.0 Å². The number of aliphatic carboxylic acids is 2. The zero-order valence-corrected chi connectivity index (χ0v) is 21.5.